The van der Waals surface area contributed by atoms with Crippen molar-refractivity contribution in [3.63, 3.8) is 0 Å². The molecule has 10 heteroatoms. The molecule has 1 aliphatic rings. The first-order valence-corrected chi connectivity index (χ1v) is 12.7. The predicted molar refractivity (Wildman–Crippen MR) is 141 cm³/mol. The van der Waals surface area contributed by atoms with Gasteiger partial charge in [0.05, 0.1) is 15.5 Å². The highest BCUT2D eigenvalue weighted by Crippen LogP contribution is 2.33. The van der Waals surface area contributed by atoms with Crippen molar-refractivity contribution in [3.8, 4) is 0 Å². The molecule has 1 fully saturated rings. The summed E-state index contributed by atoms with van der Waals surface area (Å²) < 4.78 is 2.45. The lowest BCUT2D eigenvalue weighted by Gasteiger charge is -2.32. The van der Waals surface area contributed by atoms with Crippen LogP contribution in [-0.4, -0.2) is 45.1 Å². The molecule has 0 atom stereocenters. The van der Waals surface area contributed by atoms with Gasteiger partial charge in [-0.2, -0.15) is 0 Å². The third-order valence-corrected chi connectivity index (χ3v) is 7.83. The lowest BCUT2D eigenvalue weighted by molar-refractivity contribution is -0.384. The van der Waals surface area contributed by atoms with Gasteiger partial charge in [-0.05, 0) is 60.7 Å². The highest BCUT2D eigenvalue weighted by molar-refractivity contribution is 7.20. The summed E-state index contributed by atoms with van der Waals surface area (Å²) in [6.45, 7) is 1.23. The van der Waals surface area contributed by atoms with E-state index < -0.39 is 16.6 Å². The summed E-state index contributed by atoms with van der Waals surface area (Å²) in [7, 11) is 1.71. The van der Waals surface area contributed by atoms with Gasteiger partial charge in [-0.25, -0.2) is 0 Å². The van der Waals surface area contributed by atoms with Crippen molar-refractivity contribution in [1.29, 1.82) is 0 Å². The van der Waals surface area contributed by atoms with E-state index in [0.29, 0.717) is 34.7 Å². The number of ketones is 1. The molecule has 2 amide bonds. The maximum absolute atomic E-state index is 13.1. The van der Waals surface area contributed by atoms with E-state index in [1.807, 2.05) is 17.0 Å². The number of rotatable bonds is 6. The Kier molecular flexibility index (Phi) is 6.58. The third-order valence-electron chi connectivity index (χ3n) is 6.73. The number of amides is 2. The number of nitrogens with one attached hydrogen (secondary N) is 1. The lowest BCUT2D eigenvalue weighted by atomic mass is 9.89. The minimum Gasteiger partial charge on any atom is -0.348 e. The van der Waals surface area contributed by atoms with E-state index in [4.69, 9.17) is 0 Å². The molecule has 37 heavy (non-hydrogen) atoms. The number of fused-ring (bicyclic) bond motifs is 1. The molecule has 4 aromatic rings. The van der Waals surface area contributed by atoms with E-state index in [1.54, 1.807) is 54.2 Å². The molecule has 9 nitrogen and oxygen atoms in total. The molecular formula is C27H24N4O5S. The van der Waals surface area contributed by atoms with E-state index >= 15 is 0 Å². The molecule has 1 saturated heterocycles. The maximum atomic E-state index is 13.1. The van der Waals surface area contributed by atoms with Gasteiger partial charge in [-0.1, -0.05) is 12.1 Å². The molecule has 2 aromatic heterocycles. The average Bonchev–Trinajstić information content (AvgIpc) is 3.54. The Bertz CT molecular complexity index is 1510. The summed E-state index contributed by atoms with van der Waals surface area (Å²) in [4.78, 5) is 50.7. The monoisotopic (exact) mass is 516 g/mol. The topological polar surface area (TPSA) is 115 Å². The standard InChI is InChI=1S/C27H24N4O5S/c1-29-12-2-3-22(29)25(32)26(33)28-20-6-4-17(5-7-20)18-10-13-30(14-11-18)27(34)24-16-19-15-21(31(35)36)8-9-23(19)37-24/h2-9,12,15-16,18H,10-11,13-14H2,1H3,(H,28,33). The van der Waals surface area contributed by atoms with Gasteiger partial charge in [0.1, 0.15) is 0 Å². The number of Topliss-reactive ketones (excluding diaryl/α,β-unsaturated/α-hetero) is 1. The van der Waals surface area contributed by atoms with E-state index in [0.717, 1.165) is 23.1 Å². The SMILES string of the molecule is Cn1cccc1C(=O)C(=O)Nc1ccc(C2CCN(C(=O)c3cc4cc([N+](=O)[O-])ccc4s3)CC2)cc1. The van der Waals surface area contributed by atoms with Crippen molar-refractivity contribution in [3.05, 3.63) is 93.1 Å². The maximum Gasteiger partial charge on any atom is 0.298 e. The Morgan fingerprint density at radius 1 is 1.03 bits per heavy atom. The quantitative estimate of drug-likeness (QED) is 0.168. The number of non-ortho nitro benzene ring substituents is 1. The van der Waals surface area contributed by atoms with Gasteiger partial charge < -0.3 is 14.8 Å². The van der Waals surface area contributed by atoms with E-state index in [-0.39, 0.29) is 17.5 Å². The zero-order valence-corrected chi connectivity index (χ0v) is 20.9. The van der Waals surface area contributed by atoms with Crippen LogP contribution in [0.25, 0.3) is 10.1 Å². The normalized spacial score (nSPS) is 14.0. The fourth-order valence-electron chi connectivity index (χ4n) is 4.66. The molecule has 5 rings (SSSR count). The van der Waals surface area contributed by atoms with Crippen LogP contribution < -0.4 is 5.32 Å². The van der Waals surface area contributed by atoms with Crippen LogP contribution in [-0.2, 0) is 11.8 Å². The van der Waals surface area contributed by atoms with Crippen LogP contribution in [0.15, 0.2) is 66.9 Å². The molecule has 0 radical (unpaired) electrons. The van der Waals surface area contributed by atoms with Gasteiger partial charge >= 0.3 is 0 Å². The first-order valence-electron chi connectivity index (χ1n) is 11.8. The lowest BCUT2D eigenvalue weighted by Crippen LogP contribution is -2.37. The summed E-state index contributed by atoms with van der Waals surface area (Å²) in [5.41, 5.74) is 2.01. The number of aromatic nitrogens is 1. The number of nitro groups is 1. The van der Waals surface area contributed by atoms with Crippen molar-refractivity contribution < 1.29 is 19.3 Å². The summed E-state index contributed by atoms with van der Waals surface area (Å²) >= 11 is 1.35. The number of benzene rings is 2. The average molecular weight is 517 g/mol. The second-order valence-corrected chi connectivity index (χ2v) is 10.1. The molecule has 1 N–H and O–H groups in total. The largest absolute Gasteiger partial charge is 0.348 e. The van der Waals surface area contributed by atoms with Gasteiger partial charge in [0, 0.05) is 54.2 Å². The molecule has 0 saturated carbocycles. The van der Waals surface area contributed by atoms with Crippen LogP contribution in [0.2, 0.25) is 0 Å². The van der Waals surface area contributed by atoms with Crippen molar-refractivity contribution >= 4 is 50.4 Å². The number of hydrogen-bond donors (Lipinski definition) is 1. The Morgan fingerprint density at radius 2 is 1.76 bits per heavy atom. The zero-order valence-electron chi connectivity index (χ0n) is 20.0. The third kappa shape index (κ3) is 5.01. The van der Waals surface area contributed by atoms with Gasteiger partial charge in [0.2, 0.25) is 0 Å². The first kappa shape index (κ1) is 24.4. The van der Waals surface area contributed by atoms with Crippen LogP contribution in [0.1, 0.15) is 44.5 Å². The van der Waals surface area contributed by atoms with Crippen molar-refractivity contribution in [1.82, 2.24) is 9.47 Å². The molecule has 3 heterocycles. The van der Waals surface area contributed by atoms with Crippen molar-refractivity contribution in [2.75, 3.05) is 18.4 Å². The van der Waals surface area contributed by atoms with Crippen LogP contribution in [0.5, 0.6) is 0 Å². The second kappa shape index (κ2) is 9.98. The predicted octanol–water partition coefficient (Wildman–Crippen LogP) is 4.99. The molecule has 0 unspecified atom stereocenters. The Hall–Kier alpha value is -4.31. The number of hydrogen-bond acceptors (Lipinski definition) is 6. The number of nitro benzene ring substituents is 1. The highest BCUT2D eigenvalue weighted by atomic mass is 32.1. The second-order valence-electron chi connectivity index (χ2n) is 9.07. The minimum absolute atomic E-state index is 0.0124. The number of likely N-dealkylation sites (tertiary alicyclic amines) is 1. The Morgan fingerprint density at radius 3 is 2.41 bits per heavy atom. The van der Waals surface area contributed by atoms with E-state index in [1.165, 1.54) is 23.5 Å². The van der Waals surface area contributed by atoms with E-state index in [9.17, 15) is 24.5 Å². The smallest absolute Gasteiger partial charge is 0.298 e. The Labute approximate surface area is 216 Å². The van der Waals surface area contributed by atoms with Crippen LogP contribution >= 0.6 is 11.3 Å². The fraction of sp³-hybridized carbons (Fsp3) is 0.222. The molecule has 0 aliphatic carbocycles. The van der Waals surface area contributed by atoms with Crippen molar-refractivity contribution in [2.24, 2.45) is 7.05 Å². The first-order chi connectivity index (χ1) is 17.8. The molecule has 0 bridgehead atoms. The number of piperidine rings is 1. The molecule has 2 aromatic carbocycles. The summed E-state index contributed by atoms with van der Waals surface area (Å²) in [6, 6.07) is 17.2. The summed E-state index contributed by atoms with van der Waals surface area (Å²) in [5, 5.41) is 14.4. The Balaban J connectivity index is 1.18. The number of anilines is 1. The van der Waals surface area contributed by atoms with Gasteiger partial charge in [0.25, 0.3) is 23.3 Å². The van der Waals surface area contributed by atoms with Gasteiger partial charge in [-0.15, -0.1) is 11.3 Å². The van der Waals surface area contributed by atoms with Crippen LogP contribution in [0.3, 0.4) is 0 Å². The van der Waals surface area contributed by atoms with Gasteiger partial charge in [-0.3, -0.25) is 24.5 Å². The summed E-state index contributed by atoms with van der Waals surface area (Å²) in [6.07, 6.45) is 3.32. The number of carbonyl (C=O) groups excluding carboxylic acids is 3. The minimum atomic E-state index is -0.683. The van der Waals surface area contributed by atoms with Crippen molar-refractivity contribution in [2.45, 2.75) is 18.8 Å². The summed E-state index contributed by atoms with van der Waals surface area (Å²) in [5.74, 6) is -1.05. The van der Waals surface area contributed by atoms with Crippen LogP contribution in [0, 0.1) is 10.1 Å². The molecule has 188 valence electrons. The fourth-order valence-corrected chi connectivity index (χ4v) is 5.67. The highest BCUT2D eigenvalue weighted by Gasteiger charge is 2.26. The number of carbonyl (C=O) groups is 3. The van der Waals surface area contributed by atoms with Crippen LogP contribution in [0.4, 0.5) is 11.4 Å². The molecule has 0 spiro atoms. The molecule has 1 aliphatic heterocycles. The number of thiophene rings is 1. The number of nitrogens with zero attached hydrogens (tertiary/aromatic N) is 3. The zero-order chi connectivity index (χ0) is 26.1. The molecular weight excluding hydrogens is 492 g/mol. The number of aryl methyl sites for hydroxylation is 1. The van der Waals surface area contributed by atoms with E-state index in [2.05, 4.69) is 5.32 Å². The van der Waals surface area contributed by atoms with Gasteiger partial charge in [0.15, 0.2) is 0 Å².